The minimum absolute atomic E-state index is 0.0759. The van der Waals surface area contributed by atoms with Gasteiger partial charge >= 0.3 is 0 Å². The van der Waals surface area contributed by atoms with Crippen LogP contribution in [0.25, 0.3) is 0 Å². The minimum atomic E-state index is -3.68. The summed E-state index contributed by atoms with van der Waals surface area (Å²) in [5.74, 6) is 0.447. The van der Waals surface area contributed by atoms with Gasteiger partial charge in [-0.1, -0.05) is 0 Å². The van der Waals surface area contributed by atoms with Crippen molar-refractivity contribution in [3.63, 3.8) is 0 Å². The number of sulfonamides is 1. The maximum absolute atomic E-state index is 12.6. The van der Waals surface area contributed by atoms with Crippen molar-refractivity contribution in [1.82, 2.24) is 10.0 Å². The molecule has 2 aliphatic heterocycles. The third-order valence-electron chi connectivity index (χ3n) is 4.26. The lowest BCUT2D eigenvalue weighted by Crippen LogP contribution is -2.37. The smallest absolute Gasteiger partial charge is 0.240 e. The van der Waals surface area contributed by atoms with Crippen molar-refractivity contribution in [2.24, 2.45) is 5.92 Å². The van der Waals surface area contributed by atoms with Gasteiger partial charge in [0.1, 0.15) is 12.4 Å². The quantitative estimate of drug-likeness (QED) is 0.772. The fourth-order valence-electron chi connectivity index (χ4n) is 2.89. The lowest BCUT2D eigenvalue weighted by molar-refractivity contribution is -0.116. The van der Waals surface area contributed by atoms with Gasteiger partial charge in [0.2, 0.25) is 15.9 Å². The summed E-state index contributed by atoms with van der Waals surface area (Å²) in [6.45, 7) is 5.18. The molecule has 9 heteroatoms. The van der Waals surface area contributed by atoms with E-state index in [1.807, 2.05) is 0 Å². The number of nitrogens with one attached hydrogen (secondary N) is 2. The van der Waals surface area contributed by atoms with Crippen molar-refractivity contribution in [2.75, 3.05) is 50.9 Å². The average Bonchev–Trinajstić information content (AvgIpc) is 2.87. The molecule has 1 atom stereocenters. The van der Waals surface area contributed by atoms with Crippen LogP contribution < -0.4 is 19.7 Å². The molecule has 1 saturated heterocycles. The highest BCUT2D eigenvalue weighted by molar-refractivity contribution is 7.89. The monoisotopic (exact) mass is 369 g/mol. The van der Waals surface area contributed by atoms with Crippen LogP contribution in [0.2, 0.25) is 0 Å². The molecular weight excluding hydrogens is 346 g/mol. The molecule has 1 amide bonds. The van der Waals surface area contributed by atoms with E-state index in [9.17, 15) is 13.2 Å². The van der Waals surface area contributed by atoms with Crippen molar-refractivity contribution < 1.29 is 22.7 Å². The van der Waals surface area contributed by atoms with Gasteiger partial charge in [0.15, 0.2) is 0 Å². The van der Waals surface area contributed by atoms with Gasteiger partial charge in [0, 0.05) is 32.5 Å². The predicted octanol–water partition coefficient (Wildman–Crippen LogP) is -0.0538. The van der Waals surface area contributed by atoms with E-state index in [1.54, 1.807) is 6.07 Å². The van der Waals surface area contributed by atoms with Crippen LogP contribution in [-0.4, -0.2) is 60.3 Å². The third-order valence-corrected chi connectivity index (χ3v) is 5.68. The molecule has 2 N–H and O–H groups in total. The van der Waals surface area contributed by atoms with Crippen LogP contribution in [-0.2, 0) is 19.6 Å². The van der Waals surface area contributed by atoms with Gasteiger partial charge < -0.3 is 19.7 Å². The maximum Gasteiger partial charge on any atom is 0.240 e. The van der Waals surface area contributed by atoms with E-state index in [4.69, 9.17) is 9.47 Å². The zero-order chi connectivity index (χ0) is 17.9. The first-order valence-electron chi connectivity index (χ1n) is 8.30. The van der Waals surface area contributed by atoms with Crippen molar-refractivity contribution in [3.8, 4) is 5.75 Å². The molecule has 3 rings (SSSR count). The van der Waals surface area contributed by atoms with E-state index < -0.39 is 10.0 Å². The number of rotatable bonds is 4. The van der Waals surface area contributed by atoms with Crippen LogP contribution in [0.5, 0.6) is 5.75 Å². The molecule has 2 aliphatic rings. The molecule has 0 saturated carbocycles. The summed E-state index contributed by atoms with van der Waals surface area (Å²) in [6, 6.07) is 4.57. The molecule has 0 radical (unpaired) electrons. The van der Waals surface area contributed by atoms with Gasteiger partial charge in [-0.05, 0) is 18.2 Å². The summed E-state index contributed by atoms with van der Waals surface area (Å²) < 4.78 is 38.8. The highest BCUT2D eigenvalue weighted by Gasteiger charge is 2.25. The minimum Gasteiger partial charge on any atom is -0.490 e. The Hall–Kier alpha value is -1.68. The standard InChI is InChI=1S/C16H23N3O5S/c1-12(20)19-5-7-24-16-3-2-14(8-15(16)19)25(21,22)18-10-13-9-17-4-6-23-11-13/h2-3,8,13,17-18H,4-7,9-11H2,1H3/t13-/m1/s1. The highest BCUT2D eigenvalue weighted by atomic mass is 32.2. The highest BCUT2D eigenvalue weighted by Crippen LogP contribution is 2.33. The van der Waals surface area contributed by atoms with Gasteiger partial charge in [0.25, 0.3) is 0 Å². The molecule has 8 nitrogen and oxygen atoms in total. The second kappa shape index (κ2) is 7.69. The summed E-state index contributed by atoms with van der Waals surface area (Å²) in [5, 5.41) is 3.21. The number of nitrogens with zero attached hydrogens (tertiary/aromatic N) is 1. The number of amides is 1. The second-order valence-electron chi connectivity index (χ2n) is 6.15. The lowest BCUT2D eigenvalue weighted by atomic mass is 10.2. The Labute approximate surface area is 147 Å². The number of anilines is 1. The number of benzene rings is 1. The topological polar surface area (TPSA) is 97.0 Å². The number of hydrogen-bond acceptors (Lipinski definition) is 6. The second-order valence-corrected chi connectivity index (χ2v) is 7.91. The Morgan fingerprint density at radius 1 is 1.40 bits per heavy atom. The molecule has 1 aromatic carbocycles. The summed E-state index contributed by atoms with van der Waals surface area (Å²) in [4.78, 5) is 13.4. The van der Waals surface area contributed by atoms with E-state index in [1.165, 1.54) is 24.0 Å². The Balaban J connectivity index is 1.75. The van der Waals surface area contributed by atoms with Crippen molar-refractivity contribution in [2.45, 2.75) is 11.8 Å². The van der Waals surface area contributed by atoms with Crippen LogP contribution in [0.4, 0.5) is 5.69 Å². The molecule has 0 bridgehead atoms. The Bertz CT molecular complexity index is 729. The third kappa shape index (κ3) is 4.30. The molecule has 0 spiro atoms. The first-order valence-corrected chi connectivity index (χ1v) is 9.79. The Morgan fingerprint density at radius 2 is 2.24 bits per heavy atom. The zero-order valence-corrected chi connectivity index (χ0v) is 15.0. The number of hydrogen-bond donors (Lipinski definition) is 2. The fourth-order valence-corrected chi connectivity index (χ4v) is 4.03. The SMILES string of the molecule is CC(=O)N1CCOc2ccc(S(=O)(=O)NC[C@H]3CNCCOC3)cc21. The first kappa shape index (κ1) is 18.1. The fraction of sp³-hybridized carbons (Fsp3) is 0.562. The Kier molecular flexibility index (Phi) is 5.57. The van der Waals surface area contributed by atoms with E-state index in [-0.39, 0.29) is 16.7 Å². The zero-order valence-electron chi connectivity index (χ0n) is 14.2. The largest absolute Gasteiger partial charge is 0.490 e. The van der Waals surface area contributed by atoms with Gasteiger partial charge in [-0.3, -0.25) is 4.79 Å². The summed E-state index contributed by atoms with van der Waals surface area (Å²) >= 11 is 0. The molecule has 0 aromatic heterocycles. The normalized spacial score (nSPS) is 21.2. The maximum atomic E-state index is 12.6. The van der Waals surface area contributed by atoms with Crippen molar-refractivity contribution in [3.05, 3.63) is 18.2 Å². The molecule has 0 unspecified atom stereocenters. The van der Waals surface area contributed by atoms with Crippen LogP contribution in [0.15, 0.2) is 23.1 Å². The van der Waals surface area contributed by atoms with Crippen LogP contribution >= 0.6 is 0 Å². The number of carbonyl (C=O) groups excluding carboxylic acids is 1. The average molecular weight is 369 g/mol. The molecule has 138 valence electrons. The van der Waals surface area contributed by atoms with E-state index in [0.717, 1.165) is 6.54 Å². The molecule has 0 aliphatic carbocycles. The molecule has 1 aromatic rings. The van der Waals surface area contributed by atoms with Gasteiger partial charge in [-0.2, -0.15) is 0 Å². The van der Waals surface area contributed by atoms with E-state index in [0.29, 0.717) is 50.9 Å². The van der Waals surface area contributed by atoms with E-state index in [2.05, 4.69) is 10.0 Å². The molecule has 2 heterocycles. The molecule has 1 fully saturated rings. The van der Waals surface area contributed by atoms with E-state index >= 15 is 0 Å². The van der Waals surface area contributed by atoms with Crippen LogP contribution in [0, 0.1) is 5.92 Å². The van der Waals surface area contributed by atoms with Crippen molar-refractivity contribution in [1.29, 1.82) is 0 Å². The van der Waals surface area contributed by atoms with Gasteiger partial charge in [-0.15, -0.1) is 0 Å². The number of fused-ring (bicyclic) bond motifs is 1. The van der Waals surface area contributed by atoms with Crippen molar-refractivity contribution >= 4 is 21.6 Å². The summed E-state index contributed by atoms with van der Waals surface area (Å²) in [6.07, 6.45) is 0. The Morgan fingerprint density at radius 3 is 3.04 bits per heavy atom. The van der Waals surface area contributed by atoms with Crippen LogP contribution in [0.1, 0.15) is 6.92 Å². The predicted molar refractivity (Wildman–Crippen MR) is 92.3 cm³/mol. The first-order chi connectivity index (χ1) is 12.0. The van der Waals surface area contributed by atoms with Crippen LogP contribution in [0.3, 0.4) is 0 Å². The molecular formula is C16H23N3O5S. The van der Waals surface area contributed by atoms with Gasteiger partial charge in [0.05, 0.1) is 30.3 Å². The summed E-state index contributed by atoms with van der Waals surface area (Å²) in [7, 11) is -3.68. The lowest BCUT2D eigenvalue weighted by Gasteiger charge is -2.29. The van der Waals surface area contributed by atoms with Gasteiger partial charge in [-0.25, -0.2) is 13.1 Å². The molecule has 25 heavy (non-hydrogen) atoms. The number of ether oxygens (including phenoxy) is 2. The summed E-state index contributed by atoms with van der Waals surface area (Å²) in [5.41, 5.74) is 0.487. The number of carbonyl (C=O) groups is 1.